The first-order chi connectivity index (χ1) is 31.2. The van der Waals surface area contributed by atoms with Crippen LogP contribution in [0.25, 0.3) is 22.3 Å². The van der Waals surface area contributed by atoms with Gasteiger partial charge in [0, 0.05) is 61.9 Å². The standard InChI is InChI=1S/C14H16N6O4.C9H10N4O4.C6H9NO.C5H8N2O.C3H3NO.CH3I.CH4/c1-18-12-11(13(22)19(2)14(18)23)20(8-17-12)7-9(21)15-4-3-10-16-5-6-24-10;1-11-7-6(8(16)12(2)9(11)17)13(4-10-7)3-5(14)15;1-2-3-6-7-4-5-8-6;6-2-1-5-7-3-4-8-5;1-2-5-3-4-1;1-2;/h5-6,8H,3-4,7H2,1-2H3,(H,15,21);4H,3H2,1-2H3,(H,14,15);4-5H,2-3H2,1H3;3-4H,1-2,6H2;1-3H;1H3;1H4/i;;;;;1D;. The summed E-state index contributed by atoms with van der Waals surface area (Å²) >= 11 is 1.96. The van der Waals surface area contributed by atoms with E-state index in [1.807, 2.05) is 22.6 Å². The Kier molecular flexibility index (Phi) is 22.2. The number of amides is 1. The molecule has 0 aliphatic carbocycles. The summed E-state index contributed by atoms with van der Waals surface area (Å²) < 4.78 is 32.6. The summed E-state index contributed by atoms with van der Waals surface area (Å²) in [7, 11) is 5.72. The highest BCUT2D eigenvalue weighted by atomic mass is 127. The number of aromatic nitrogens is 12. The van der Waals surface area contributed by atoms with Crippen molar-refractivity contribution in [1.82, 2.24) is 62.6 Å². The number of rotatable bonds is 11. The number of nitrogens with one attached hydrogen (secondary N) is 1. The van der Waals surface area contributed by atoms with Gasteiger partial charge in [-0.2, -0.15) is 0 Å². The van der Waals surface area contributed by atoms with Crippen molar-refractivity contribution in [1.29, 1.82) is 0 Å². The zero-order chi connectivity index (χ0) is 47.9. The Morgan fingerprint density at radius 1 is 0.723 bits per heavy atom. The predicted octanol–water partition coefficient (Wildman–Crippen LogP) is 1.46. The van der Waals surface area contributed by atoms with Gasteiger partial charge in [0.2, 0.25) is 5.91 Å². The molecule has 65 heavy (non-hydrogen) atoms. The third-order valence-electron chi connectivity index (χ3n) is 8.33. The van der Waals surface area contributed by atoms with Crippen LogP contribution in [0.5, 0.6) is 0 Å². The summed E-state index contributed by atoms with van der Waals surface area (Å²) in [5.74, 6) is 0.726. The second-order valence-corrected chi connectivity index (χ2v) is 12.7. The minimum atomic E-state index is -1.08. The number of aryl methyl sites for hydroxylation is 3. The van der Waals surface area contributed by atoms with Gasteiger partial charge in [-0.3, -0.25) is 37.4 Å². The summed E-state index contributed by atoms with van der Waals surface area (Å²) in [5.41, 5.74) is 3.96. The molecule has 8 aromatic rings. The van der Waals surface area contributed by atoms with E-state index >= 15 is 0 Å². The van der Waals surface area contributed by atoms with Crippen molar-refractivity contribution in [3.05, 3.63) is 128 Å². The molecule has 352 valence electrons. The molecule has 8 rings (SSSR count). The normalized spacial score (nSPS) is 10.2. The van der Waals surface area contributed by atoms with Gasteiger partial charge in [-0.1, -0.05) is 36.9 Å². The third-order valence-corrected chi connectivity index (χ3v) is 8.33. The van der Waals surface area contributed by atoms with E-state index in [1.165, 1.54) is 84.2 Å². The summed E-state index contributed by atoms with van der Waals surface area (Å²) in [6.07, 6.45) is 19.8. The van der Waals surface area contributed by atoms with Crippen molar-refractivity contribution in [2.45, 2.75) is 53.1 Å². The molecule has 0 saturated heterocycles. The molecule has 4 N–H and O–H groups in total. The molecule has 0 saturated carbocycles. The van der Waals surface area contributed by atoms with E-state index in [0.29, 0.717) is 36.2 Å². The van der Waals surface area contributed by atoms with Crippen molar-refractivity contribution in [3.8, 4) is 0 Å². The smallest absolute Gasteiger partial charge is 0.332 e. The molecular formula is C39H53IN14O11. The Morgan fingerprint density at radius 2 is 1.18 bits per heavy atom. The summed E-state index contributed by atoms with van der Waals surface area (Å²) in [5, 5.41) is 11.4. The molecule has 0 radical (unpaired) electrons. The van der Waals surface area contributed by atoms with Gasteiger partial charge in [-0.05, 0) is 11.3 Å². The Hall–Kier alpha value is -7.23. The Bertz CT molecular complexity index is 2810. The van der Waals surface area contributed by atoms with E-state index in [1.54, 1.807) is 31.1 Å². The van der Waals surface area contributed by atoms with Gasteiger partial charge in [0.05, 0.1) is 37.4 Å². The zero-order valence-electron chi connectivity index (χ0n) is 36.6. The molecule has 0 aliphatic heterocycles. The molecule has 0 unspecified atom stereocenters. The summed E-state index contributed by atoms with van der Waals surface area (Å²) in [4.78, 5) is 94.0. The summed E-state index contributed by atoms with van der Waals surface area (Å²) in [6.45, 7) is 2.62. The molecule has 0 aliphatic rings. The van der Waals surface area contributed by atoms with Crippen LogP contribution >= 0.6 is 22.6 Å². The van der Waals surface area contributed by atoms with Gasteiger partial charge < -0.3 is 43.0 Å². The second-order valence-electron chi connectivity index (χ2n) is 12.7. The van der Waals surface area contributed by atoms with Crippen LogP contribution in [0.2, 0.25) is 0 Å². The highest BCUT2D eigenvalue weighted by Gasteiger charge is 2.17. The topological polar surface area (TPSA) is 320 Å². The number of hydrogen-bond donors (Lipinski definition) is 3. The van der Waals surface area contributed by atoms with Crippen molar-refractivity contribution >= 4 is 56.8 Å². The monoisotopic (exact) mass is 1020 g/mol. The van der Waals surface area contributed by atoms with Crippen LogP contribution in [0, 0.1) is 0 Å². The van der Waals surface area contributed by atoms with Crippen LogP contribution in [0.15, 0.2) is 106 Å². The van der Waals surface area contributed by atoms with Crippen LogP contribution in [-0.4, -0.2) is 92.3 Å². The molecule has 0 fully saturated rings. The number of alkyl halides is 1. The van der Waals surface area contributed by atoms with Gasteiger partial charge >= 0.3 is 17.3 Å². The Morgan fingerprint density at radius 3 is 1.55 bits per heavy atom. The number of carbonyl (C=O) groups excluding carboxylic acids is 1. The van der Waals surface area contributed by atoms with E-state index < -0.39 is 28.5 Å². The Balaban J connectivity index is 0.000000307. The van der Waals surface area contributed by atoms with Crippen molar-refractivity contribution in [2.75, 3.05) is 18.0 Å². The van der Waals surface area contributed by atoms with Crippen molar-refractivity contribution in [3.63, 3.8) is 0 Å². The fourth-order valence-corrected chi connectivity index (χ4v) is 5.34. The Labute approximate surface area is 385 Å². The number of oxazole rings is 4. The molecule has 0 aromatic carbocycles. The maximum Gasteiger partial charge on any atom is 0.332 e. The lowest BCUT2D eigenvalue weighted by Crippen LogP contribution is -2.38. The lowest BCUT2D eigenvalue weighted by molar-refractivity contribution is -0.137. The molecule has 0 spiro atoms. The average molecular weight is 1020 g/mol. The molecular weight excluding hydrogens is 967 g/mol. The van der Waals surface area contributed by atoms with E-state index in [-0.39, 0.29) is 48.8 Å². The number of carboxylic acid groups (broad SMARTS) is 1. The maximum absolute atomic E-state index is 12.3. The van der Waals surface area contributed by atoms with Gasteiger partial charge in [0.25, 0.3) is 11.1 Å². The molecule has 8 heterocycles. The molecule has 0 bridgehead atoms. The van der Waals surface area contributed by atoms with Crippen LogP contribution in [-0.2, 0) is 70.1 Å². The first kappa shape index (κ1) is 52.1. The highest BCUT2D eigenvalue weighted by molar-refractivity contribution is 14.1. The third kappa shape index (κ3) is 15.5. The van der Waals surface area contributed by atoms with Gasteiger partial charge in [-0.15, -0.1) is 0 Å². The number of imidazole rings is 2. The van der Waals surface area contributed by atoms with Crippen LogP contribution in [0.3, 0.4) is 0 Å². The first-order valence-corrected chi connectivity index (χ1v) is 20.5. The number of aliphatic carboxylic acids is 1. The number of hydrogen-bond acceptors (Lipinski definition) is 17. The first-order valence-electron chi connectivity index (χ1n) is 19.6. The number of halogens is 1. The van der Waals surface area contributed by atoms with Crippen LogP contribution in [0.1, 0.15) is 39.8 Å². The SMILES string of the molecule is C.CCCc1ncco1.Cn1c(=O)c2c(ncn2CC(=O)NCCc2ncco2)n(C)c1=O.Cn1c(=O)c2c(ncn2CC(=O)O)n(C)c1=O.NCCc1ncco1.[2H]CI.c1cocn1. The minimum Gasteiger partial charge on any atom is -0.480 e. The van der Waals surface area contributed by atoms with Crippen LogP contribution < -0.4 is 33.5 Å². The van der Waals surface area contributed by atoms with Gasteiger partial charge in [0.15, 0.2) is 46.4 Å². The van der Waals surface area contributed by atoms with Gasteiger partial charge in [-0.25, -0.2) is 39.5 Å². The number of fused-ring (bicyclic) bond motifs is 2. The zero-order valence-corrected chi connectivity index (χ0v) is 37.7. The lowest BCUT2D eigenvalue weighted by atomic mass is 10.3. The molecule has 26 heteroatoms. The lowest BCUT2D eigenvalue weighted by Gasteiger charge is -2.07. The maximum atomic E-state index is 12.3. The molecule has 25 nitrogen and oxygen atoms in total. The van der Waals surface area contributed by atoms with E-state index in [2.05, 4.69) is 46.6 Å². The van der Waals surface area contributed by atoms with Crippen molar-refractivity contribution < 1.29 is 33.7 Å². The largest absolute Gasteiger partial charge is 0.480 e. The predicted molar refractivity (Wildman–Crippen MR) is 244 cm³/mol. The van der Waals surface area contributed by atoms with Crippen LogP contribution in [0.4, 0.5) is 0 Å². The van der Waals surface area contributed by atoms with Crippen molar-refractivity contribution in [2.24, 2.45) is 33.9 Å². The molecule has 8 aromatic heterocycles. The van der Waals surface area contributed by atoms with E-state index in [4.69, 9.17) is 25.5 Å². The number of nitrogens with zero attached hydrogens (tertiary/aromatic N) is 12. The number of nitrogens with two attached hydrogens (primary N) is 1. The number of carboxylic acids is 1. The average Bonchev–Trinajstić information content (AvgIpc) is 4.14. The van der Waals surface area contributed by atoms with E-state index in [9.17, 15) is 28.8 Å². The number of carbonyl (C=O) groups is 2. The molecule has 0 atom stereocenters. The molecule has 1 amide bonds. The summed E-state index contributed by atoms with van der Waals surface area (Å²) in [6, 6.07) is 0. The highest BCUT2D eigenvalue weighted by Crippen LogP contribution is 2.06. The van der Waals surface area contributed by atoms with E-state index in [0.717, 1.165) is 34.3 Å². The van der Waals surface area contributed by atoms with Gasteiger partial charge in [0.1, 0.15) is 38.1 Å². The fourth-order valence-electron chi connectivity index (χ4n) is 5.34. The second kappa shape index (κ2) is 27.7. The fraction of sp³-hybridized carbons (Fsp3) is 0.385. The quantitative estimate of drug-likeness (QED) is 0.122. The minimum absolute atomic E-state index is 0.